The fraction of sp³-hybridized carbons (Fsp3) is 0.522. The molecule has 27 heavy (non-hydrogen) atoms. The van der Waals surface area contributed by atoms with Crippen molar-refractivity contribution in [3.05, 3.63) is 48.4 Å². The summed E-state index contributed by atoms with van der Waals surface area (Å²) in [5.41, 5.74) is 4.99. The van der Waals surface area contributed by atoms with Crippen molar-refractivity contribution in [2.45, 2.75) is 40.2 Å². The topological polar surface area (TPSA) is 24.3 Å². The maximum atomic E-state index is 4.79. The van der Waals surface area contributed by atoms with E-state index in [1.165, 1.54) is 62.5 Å². The predicted octanol–water partition coefficient (Wildman–Crippen LogP) is 4.39. The largest absolute Gasteiger partial charge is 0.330 e. The van der Waals surface area contributed by atoms with Gasteiger partial charge >= 0.3 is 0 Å². The van der Waals surface area contributed by atoms with Crippen molar-refractivity contribution in [1.29, 1.82) is 0 Å². The van der Waals surface area contributed by atoms with Crippen LogP contribution in [-0.2, 0) is 6.54 Å². The Labute approximate surface area is 164 Å². The van der Waals surface area contributed by atoms with Crippen LogP contribution in [0.1, 0.15) is 39.3 Å². The standard InChI is InChI=1S/C23H34N4/c1-4-20(5-2)23-22(21-11-8-7-9-12-21)24-19-27(23)14-10-13-26-17-15-25(6-3)16-18-26/h4,7-9,11-12,19H,5-6,10,13-18H2,1-3H3. The monoisotopic (exact) mass is 366 g/mol. The normalized spacial score (nSPS) is 16.8. The van der Waals surface area contributed by atoms with Crippen LogP contribution >= 0.6 is 0 Å². The fourth-order valence-corrected chi connectivity index (χ4v) is 4.00. The Morgan fingerprint density at radius 2 is 1.70 bits per heavy atom. The number of imidazole rings is 1. The maximum Gasteiger partial charge on any atom is 0.0959 e. The molecule has 0 unspecified atom stereocenters. The molecule has 4 nitrogen and oxygen atoms in total. The molecular formula is C23H34N4. The number of hydrogen-bond acceptors (Lipinski definition) is 3. The molecule has 1 saturated heterocycles. The first kappa shape index (κ1) is 19.8. The van der Waals surface area contributed by atoms with Crippen LogP contribution in [0.5, 0.6) is 0 Å². The van der Waals surface area contributed by atoms with E-state index in [1.54, 1.807) is 0 Å². The Morgan fingerprint density at radius 3 is 2.33 bits per heavy atom. The summed E-state index contributed by atoms with van der Waals surface area (Å²) in [6.07, 6.45) is 6.47. The molecule has 4 heteroatoms. The van der Waals surface area contributed by atoms with Crippen molar-refractivity contribution in [2.24, 2.45) is 0 Å². The second-order valence-electron chi connectivity index (χ2n) is 7.30. The van der Waals surface area contributed by atoms with Gasteiger partial charge in [-0.1, -0.05) is 50.3 Å². The molecule has 0 aliphatic carbocycles. The Hall–Kier alpha value is -1.91. The van der Waals surface area contributed by atoms with Crippen LogP contribution in [0.25, 0.3) is 16.8 Å². The second-order valence-corrected chi connectivity index (χ2v) is 7.30. The molecule has 0 bridgehead atoms. The van der Waals surface area contributed by atoms with Gasteiger partial charge in [0.2, 0.25) is 0 Å². The van der Waals surface area contributed by atoms with Gasteiger partial charge in [-0.05, 0) is 38.4 Å². The van der Waals surface area contributed by atoms with Gasteiger partial charge in [-0.15, -0.1) is 0 Å². The highest BCUT2D eigenvalue weighted by Gasteiger charge is 2.17. The van der Waals surface area contributed by atoms with Crippen molar-refractivity contribution in [3.63, 3.8) is 0 Å². The van der Waals surface area contributed by atoms with E-state index in [2.05, 4.69) is 71.5 Å². The second kappa shape index (κ2) is 9.86. The predicted molar refractivity (Wildman–Crippen MR) is 115 cm³/mol. The first-order chi connectivity index (χ1) is 13.3. The molecule has 0 N–H and O–H groups in total. The summed E-state index contributed by atoms with van der Waals surface area (Å²) in [5, 5.41) is 0. The summed E-state index contributed by atoms with van der Waals surface area (Å²) in [4.78, 5) is 9.94. The van der Waals surface area contributed by atoms with E-state index in [-0.39, 0.29) is 0 Å². The van der Waals surface area contributed by atoms with E-state index >= 15 is 0 Å². The molecule has 3 rings (SSSR count). The smallest absolute Gasteiger partial charge is 0.0959 e. The zero-order valence-corrected chi connectivity index (χ0v) is 17.2. The van der Waals surface area contributed by atoms with Crippen LogP contribution in [0.2, 0.25) is 0 Å². The van der Waals surface area contributed by atoms with E-state index in [9.17, 15) is 0 Å². The molecule has 1 aromatic carbocycles. The number of allylic oxidation sites excluding steroid dienone is 2. The van der Waals surface area contributed by atoms with Crippen LogP contribution in [0, 0.1) is 0 Å². The number of aromatic nitrogens is 2. The summed E-state index contributed by atoms with van der Waals surface area (Å²) in [5.74, 6) is 0. The molecule has 2 heterocycles. The number of rotatable bonds is 8. The zero-order valence-electron chi connectivity index (χ0n) is 17.2. The van der Waals surface area contributed by atoms with Gasteiger partial charge in [0.05, 0.1) is 17.7 Å². The lowest BCUT2D eigenvalue weighted by Gasteiger charge is -2.34. The van der Waals surface area contributed by atoms with Gasteiger partial charge in [0.15, 0.2) is 0 Å². The maximum absolute atomic E-state index is 4.79. The quantitative estimate of drug-likeness (QED) is 0.692. The Balaban J connectivity index is 1.69. The average molecular weight is 367 g/mol. The molecule has 0 spiro atoms. The third-order valence-corrected chi connectivity index (χ3v) is 5.70. The van der Waals surface area contributed by atoms with E-state index in [0.29, 0.717) is 0 Å². The van der Waals surface area contributed by atoms with Gasteiger partial charge in [0.1, 0.15) is 0 Å². The number of piperazine rings is 1. The molecule has 1 aliphatic rings. The van der Waals surface area contributed by atoms with E-state index in [4.69, 9.17) is 4.98 Å². The number of hydrogen-bond donors (Lipinski definition) is 0. The first-order valence-corrected chi connectivity index (χ1v) is 10.5. The van der Waals surface area contributed by atoms with Crippen LogP contribution in [0.3, 0.4) is 0 Å². The molecule has 0 amide bonds. The van der Waals surface area contributed by atoms with Crippen LogP contribution < -0.4 is 0 Å². The lowest BCUT2D eigenvalue weighted by atomic mass is 10.0. The minimum absolute atomic E-state index is 1.03. The molecule has 146 valence electrons. The number of likely N-dealkylation sites (N-methyl/N-ethyl adjacent to an activating group) is 1. The van der Waals surface area contributed by atoms with E-state index in [1.807, 2.05) is 6.33 Å². The Kier molecular flexibility index (Phi) is 7.25. The van der Waals surface area contributed by atoms with Gasteiger partial charge in [0.25, 0.3) is 0 Å². The molecule has 0 radical (unpaired) electrons. The van der Waals surface area contributed by atoms with Crippen LogP contribution in [-0.4, -0.2) is 58.6 Å². The third kappa shape index (κ3) is 4.88. The number of nitrogens with zero attached hydrogens (tertiary/aromatic N) is 4. The summed E-state index contributed by atoms with van der Waals surface area (Å²) < 4.78 is 2.36. The molecule has 0 saturated carbocycles. The highest BCUT2D eigenvalue weighted by Crippen LogP contribution is 2.29. The van der Waals surface area contributed by atoms with Crippen LogP contribution in [0.4, 0.5) is 0 Å². The van der Waals surface area contributed by atoms with Gasteiger partial charge in [-0.25, -0.2) is 4.98 Å². The van der Waals surface area contributed by atoms with Gasteiger partial charge in [-0.3, -0.25) is 0 Å². The van der Waals surface area contributed by atoms with Gasteiger partial charge in [-0.2, -0.15) is 0 Å². The summed E-state index contributed by atoms with van der Waals surface area (Å²) >= 11 is 0. The average Bonchev–Trinajstić information content (AvgIpc) is 3.14. The Morgan fingerprint density at radius 1 is 1.00 bits per heavy atom. The van der Waals surface area contributed by atoms with Crippen molar-refractivity contribution >= 4 is 5.57 Å². The van der Waals surface area contributed by atoms with Crippen LogP contribution in [0.15, 0.2) is 42.7 Å². The van der Waals surface area contributed by atoms with Crippen molar-refractivity contribution in [3.8, 4) is 11.3 Å². The lowest BCUT2D eigenvalue weighted by molar-refractivity contribution is 0.135. The highest BCUT2D eigenvalue weighted by atomic mass is 15.3. The van der Waals surface area contributed by atoms with Gasteiger partial charge in [0, 0.05) is 38.3 Å². The van der Waals surface area contributed by atoms with Crippen molar-refractivity contribution in [1.82, 2.24) is 19.4 Å². The van der Waals surface area contributed by atoms with Gasteiger partial charge < -0.3 is 14.4 Å². The summed E-state index contributed by atoms with van der Waals surface area (Å²) in [6.45, 7) is 14.8. The molecule has 2 aromatic rings. The molecule has 1 aromatic heterocycles. The lowest BCUT2D eigenvalue weighted by Crippen LogP contribution is -2.46. The first-order valence-electron chi connectivity index (χ1n) is 10.5. The Bertz CT molecular complexity index is 724. The molecule has 0 atom stereocenters. The highest BCUT2D eigenvalue weighted by molar-refractivity contribution is 5.77. The zero-order chi connectivity index (χ0) is 19.1. The number of aryl methyl sites for hydroxylation is 1. The third-order valence-electron chi connectivity index (χ3n) is 5.70. The minimum atomic E-state index is 1.03. The summed E-state index contributed by atoms with van der Waals surface area (Å²) in [7, 11) is 0. The number of benzene rings is 1. The molecule has 1 aliphatic heterocycles. The SMILES string of the molecule is CC=C(CC)c1c(-c2ccccc2)ncn1CCCN1CCN(CC)CC1. The molecule has 1 fully saturated rings. The van der Waals surface area contributed by atoms with Crippen molar-refractivity contribution < 1.29 is 0 Å². The fourth-order valence-electron chi connectivity index (χ4n) is 4.00. The van der Waals surface area contributed by atoms with E-state index < -0.39 is 0 Å². The summed E-state index contributed by atoms with van der Waals surface area (Å²) in [6, 6.07) is 10.6. The molecular weight excluding hydrogens is 332 g/mol. The minimum Gasteiger partial charge on any atom is -0.330 e. The van der Waals surface area contributed by atoms with E-state index in [0.717, 1.165) is 18.7 Å². The van der Waals surface area contributed by atoms with Crippen molar-refractivity contribution in [2.75, 3.05) is 39.3 Å².